The highest BCUT2D eigenvalue weighted by Gasteiger charge is 2.40. The van der Waals surface area contributed by atoms with E-state index in [1.165, 1.54) is 0 Å². The standard InChI is InChI=1S/C31H37Cl2F3N8O4/c1-30(16-32,17-45)13-22-24(25(42-41-22)31(34,35)36)23-15-38-26(40-23)27(46)39-14-18-2-3-20(21(33)12-18)29(48)44-10-8-43(9-11-44)28(47)19-4-6-37-7-5-19/h2-3,12,15,19,37,45H,4-11,13-14,16-17H2,1H3,(H,38,40)(H,39,46)(H,41,42)/t30-/m0/s1. The number of piperazine rings is 1. The first-order valence-corrected chi connectivity index (χ1v) is 16.5. The Labute approximate surface area is 284 Å². The minimum absolute atomic E-state index is 0.00410. The van der Waals surface area contributed by atoms with Crippen LogP contribution in [0.1, 0.15) is 57.7 Å². The number of aliphatic hydroxyl groups is 1. The van der Waals surface area contributed by atoms with Crippen molar-refractivity contribution in [1.29, 1.82) is 0 Å². The number of carbonyl (C=O) groups is 3. The van der Waals surface area contributed by atoms with Crippen LogP contribution in [0.4, 0.5) is 13.2 Å². The van der Waals surface area contributed by atoms with Crippen molar-refractivity contribution in [3.63, 3.8) is 0 Å². The summed E-state index contributed by atoms with van der Waals surface area (Å²) in [5.74, 6) is -1.03. The van der Waals surface area contributed by atoms with Crippen molar-refractivity contribution < 1.29 is 32.7 Å². The lowest BCUT2D eigenvalue weighted by atomic mass is 9.87. The second-order valence-electron chi connectivity index (χ2n) is 12.5. The second-order valence-corrected chi connectivity index (χ2v) is 13.2. The topological polar surface area (TPSA) is 159 Å². The minimum Gasteiger partial charge on any atom is -0.396 e. The fourth-order valence-corrected chi connectivity index (χ4v) is 6.34. The van der Waals surface area contributed by atoms with E-state index in [4.69, 9.17) is 23.2 Å². The Bertz CT molecular complexity index is 1630. The smallest absolute Gasteiger partial charge is 0.396 e. The number of imidazole rings is 1. The number of halogens is 5. The first-order valence-electron chi connectivity index (χ1n) is 15.6. The molecule has 5 N–H and O–H groups in total. The molecule has 12 nitrogen and oxygen atoms in total. The van der Waals surface area contributed by atoms with Crippen LogP contribution in [0.15, 0.2) is 24.4 Å². The first kappa shape index (κ1) is 35.6. The van der Waals surface area contributed by atoms with Crippen LogP contribution in [0.2, 0.25) is 5.02 Å². The van der Waals surface area contributed by atoms with Crippen molar-refractivity contribution in [2.45, 2.75) is 38.9 Å². The molecule has 2 aromatic heterocycles. The number of aliphatic hydroxyl groups excluding tert-OH is 1. The van der Waals surface area contributed by atoms with E-state index in [9.17, 15) is 32.7 Å². The number of nitrogens with one attached hydrogen (secondary N) is 4. The van der Waals surface area contributed by atoms with Crippen molar-refractivity contribution in [2.75, 3.05) is 51.8 Å². The molecule has 3 amide bonds. The number of hydrogen-bond donors (Lipinski definition) is 5. The van der Waals surface area contributed by atoms with Gasteiger partial charge < -0.3 is 30.5 Å². The van der Waals surface area contributed by atoms with E-state index in [1.54, 1.807) is 30.0 Å². The third kappa shape index (κ3) is 7.96. The Hall–Kier alpha value is -3.66. The van der Waals surface area contributed by atoms with Crippen molar-refractivity contribution in [2.24, 2.45) is 11.3 Å². The monoisotopic (exact) mass is 712 g/mol. The molecule has 260 valence electrons. The number of piperidine rings is 1. The molecule has 2 aliphatic heterocycles. The van der Waals surface area contributed by atoms with Gasteiger partial charge in [-0.1, -0.05) is 24.6 Å². The molecule has 0 aliphatic carbocycles. The van der Waals surface area contributed by atoms with Gasteiger partial charge in [0, 0.05) is 62.2 Å². The number of amides is 3. The van der Waals surface area contributed by atoms with E-state index in [-0.39, 0.29) is 71.0 Å². The van der Waals surface area contributed by atoms with Gasteiger partial charge in [0.15, 0.2) is 11.5 Å². The molecule has 2 aliphatic rings. The van der Waals surface area contributed by atoms with E-state index in [0.29, 0.717) is 37.3 Å². The first-order chi connectivity index (χ1) is 22.8. The third-order valence-corrected chi connectivity index (χ3v) is 9.72. The lowest BCUT2D eigenvalue weighted by Crippen LogP contribution is -2.52. The zero-order chi connectivity index (χ0) is 34.6. The summed E-state index contributed by atoms with van der Waals surface area (Å²) in [4.78, 5) is 49.1. The molecule has 2 saturated heterocycles. The maximum atomic E-state index is 13.8. The van der Waals surface area contributed by atoms with Crippen molar-refractivity contribution in [3.05, 3.63) is 57.8 Å². The van der Waals surface area contributed by atoms with Crippen LogP contribution in [0.5, 0.6) is 0 Å². The normalized spacial score (nSPS) is 17.3. The Morgan fingerprint density at radius 1 is 1.10 bits per heavy atom. The van der Waals surface area contributed by atoms with Crippen molar-refractivity contribution >= 4 is 40.9 Å². The summed E-state index contributed by atoms with van der Waals surface area (Å²) in [6.07, 6.45) is -2.10. The minimum atomic E-state index is -4.80. The summed E-state index contributed by atoms with van der Waals surface area (Å²) in [6.45, 7) is 4.62. The molecule has 3 aromatic rings. The molecule has 0 bridgehead atoms. The van der Waals surface area contributed by atoms with Gasteiger partial charge in [-0.05, 0) is 50.0 Å². The number of carbonyl (C=O) groups excluding carboxylic acids is 3. The van der Waals surface area contributed by atoms with E-state index in [1.807, 2.05) is 4.90 Å². The molecule has 0 radical (unpaired) electrons. The van der Waals surface area contributed by atoms with Gasteiger partial charge in [0.05, 0.1) is 28.0 Å². The van der Waals surface area contributed by atoms with Gasteiger partial charge in [0.25, 0.3) is 11.8 Å². The largest absolute Gasteiger partial charge is 0.435 e. The van der Waals surface area contributed by atoms with Gasteiger partial charge >= 0.3 is 6.18 Å². The number of aromatic amines is 2. The highest BCUT2D eigenvalue weighted by molar-refractivity contribution is 6.33. The quantitative estimate of drug-likeness (QED) is 0.201. The van der Waals surface area contributed by atoms with Gasteiger partial charge in [0.1, 0.15) is 0 Å². The molecule has 5 rings (SSSR count). The van der Waals surface area contributed by atoms with Crippen molar-refractivity contribution in [1.82, 2.24) is 40.6 Å². The van der Waals surface area contributed by atoms with Crippen LogP contribution in [-0.4, -0.2) is 105 Å². The molecular weight excluding hydrogens is 676 g/mol. The number of aromatic nitrogens is 4. The number of alkyl halides is 4. The summed E-state index contributed by atoms with van der Waals surface area (Å²) < 4.78 is 41.5. The molecule has 0 spiro atoms. The second kappa shape index (κ2) is 14.8. The predicted molar refractivity (Wildman–Crippen MR) is 171 cm³/mol. The van der Waals surface area contributed by atoms with Crippen LogP contribution in [0, 0.1) is 11.3 Å². The number of benzene rings is 1. The van der Waals surface area contributed by atoms with E-state index in [0.717, 1.165) is 32.1 Å². The fraction of sp³-hybridized carbons (Fsp3) is 0.516. The van der Waals surface area contributed by atoms with Crippen LogP contribution < -0.4 is 10.6 Å². The number of H-pyrrole nitrogens is 2. The summed E-state index contributed by atoms with van der Waals surface area (Å²) in [5, 5.41) is 21.7. The third-order valence-electron chi connectivity index (χ3n) is 8.76. The molecule has 17 heteroatoms. The summed E-state index contributed by atoms with van der Waals surface area (Å²) in [7, 11) is 0. The van der Waals surface area contributed by atoms with Gasteiger partial charge in [-0.15, -0.1) is 11.6 Å². The number of rotatable bonds is 10. The SMILES string of the molecule is C[C@@](CO)(CCl)Cc1[nH]nc(C(F)(F)F)c1-c1cnc(C(=O)NCc2ccc(C(=O)N3CCN(C(=O)C4CCNCC4)CC3)c(Cl)c2)[nH]1. The Morgan fingerprint density at radius 3 is 2.42 bits per heavy atom. The zero-order valence-corrected chi connectivity index (χ0v) is 27.7. The van der Waals surface area contributed by atoms with Crippen molar-refractivity contribution in [3.8, 4) is 11.3 Å². The van der Waals surface area contributed by atoms with E-state index in [2.05, 4.69) is 30.8 Å². The fourth-order valence-electron chi connectivity index (χ4n) is 5.87. The Morgan fingerprint density at radius 2 is 1.79 bits per heavy atom. The molecule has 1 atom stereocenters. The Kier molecular flexibility index (Phi) is 11.0. The molecule has 2 fully saturated rings. The maximum Gasteiger partial charge on any atom is 0.435 e. The maximum absolute atomic E-state index is 13.8. The average Bonchev–Trinajstić information content (AvgIpc) is 3.75. The lowest BCUT2D eigenvalue weighted by molar-refractivity contribution is -0.140. The van der Waals surface area contributed by atoms with Gasteiger partial charge in [0.2, 0.25) is 5.91 Å². The summed E-state index contributed by atoms with van der Waals surface area (Å²) in [5.41, 5.74) is -1.57. The van der Waals surface area contributed by atoms with E-state index >= 15 is 0 Å². The number of hydrogen-bond acceptors (Lipinski definition) is 7. The molecule has 4 heterocycles. The van der Waals surface area contributed by atoms with Crippen LogP contribution >= 0.6 is 23.2 Å². The summed E-state index contributed by atoms with van der Waals surface area (Å²) >= 11 is 12.4. The molecular formula is C31H37Cl2F3N8O4. The summed E-state index contributed by atoms with van der Waals surface area (Å²) in [6, 6.07) is 4.78. The predicted octanol–water partition coefficient (Wildman–Crippen LogP) is 3.47. The van der Waals surface area contributed by atoms with Gasteiger partial charge in [-0.3, -0.25) is 19.5 Å². The average molecular weight is 714 g/mol. The van der Waals surface area contributed by atoms with Gasteiger partial charge in [-0.2, -0.15) is 18.3 Å². The van der Waals surface area contributed by atoms with Crippen LogP contribution in [0.25, 0.3) is 11.3 Å². The molecule has 1 aromatic carbocycles. The van der Waals surface area contributed by atoms with Crippen LogP contribution in [-0.2, 0) is 23.9 Å². The Balaban J connectivity index is 1.20. The zero-order valence-electron chi connectivity index (χ0n) is 26.2. The molecule has 48 heavy (non-hydrogen) atoms. The highest BCUT2D eigenvalue weighted by atomic mass is 35.5. The van der Waals surface area contributed by atoms with E-state index < -0.39 is 23.2 Å². The molecule has 0 saturated carbocycles. The highest BCUT2D eigenvalue weighted by Crippen LogP contribution is 2.39. The lowest BCUT2D eigenvalue weighted by Gasteiger charge is -2.37. The molecule has 0 unspecified atom stereocenters. The van der Waals surface area contributed by atoms with Crippen LogP contribution in [0.3, 0.4) is 0 Å². The van der Waals surface area contributed by atoms with Gasteiger partial charge in [-0.25, -0.2) is 4.98 Å². The number of nitrogens with zero attached hydrogens (tertiary/aromatic N) is 4.